The van der Waals surface area contributed by atoms with Crippen LogP contribution in [0.2, 0.25) is 0 Å². The van der Waals surface area contributed by atoms with Crippen LogP contribution >= 0.6 is 11.8 Å². The van der Waals surface area contributed by atoms with Crippen LogP contribution in [0.1, 0.15) is 31.7 Å². The van der Waals surface area contributed by atoms with Crippen LogP contribution in [0.25, 0.3) is 0 Å². The Bertz CT molecular complexity index is 632. The Kier molecular flexibility index (Phi) is 5.07. The zero-order chi connectivity index (χ0) is 17.3. The summed E-state index contributed by atoms with van der Waals surface area (Å²) in [7, 11) is 0. The number of nitrogens with zero attached hydrogens (tertiary/aromatic N) is 2. The number of carbonyl (C=O) groups is 1. The van der Waals surface area contributed by atoms with Crippen molar-refractivity contribution in [3.05, 3.63) is 29.8 Å². The number of hydrogen-bond acceptors (Lipinski definition) is 4. The van der Waals surface area contributed by atoms with E-state index in [1.54, 1.807) is 0 Å². The maximum Gasteiger partial charge on any atom is 0.239 e. The number of rotatable bonds is 5. The first kappa shape index (κ1) is 17.4. The lowest BCUT2D eigenvalue weighted by Gasteiger charge is -2.32. The van der Waals surface area contributed by atoms with E-state index < -0.39 is 0 Å². The standard InChI is InChI=1S/C20H28N2O2S/c1-2-24-12-11-22-18-6-4-3-5-17(18)20(19(22)23)9-10-21(15-20)16-7-13-25-14-8-16/h3-6,16H,2,7-15H2,1H3. The zero-order valence-electron chi connectivity index (χ0n) is 15.1. The maximum absolute atomic E-state index is 13.4. The monoisotopic (exact) mass is 360 g/mol. The van der Waals surface area contributed by atoms with Crippen LogP contribution in [-0.4, -0.2) is 61.2 Å². The summed E-state index contributed by atoms with van der Waals surface area (Å²) in [5.74, 6) is 2.82. The molecule has 3 aliphatic heterocycles. The second-order valence-corrected chi connectivity index (χ2v) is 8.54. The molecule has 4 nitrogen and oxygen atoms in total. The van der Waals surface area contributed by atoms with Crippen LogP contribution in [0.5, 0.6) is 0 Å². The quantitative estimate of drug-likeness (QED) is 0.756. The first-order valence-corrected chi connectivity index (χ1v) is 10.7. The minimum atomic E-state index is -0.326. The lowest BCUT2D eigenvalue weighted by molar-refractivity contribution is -0.123. The van der Waals surface area contributed by atoms with E-state index in [1.165, 1.54) is 29.9 Å². The predicted octanol–water partition coefficient (Wildman–Crippen LogP) is 2.91. The van der Waals surface area contributed by atoms with E-state index in [1.807, 2.05) is 17.9 Å². The van der Waals surface area contributed by atoms with Gasteiger partial charge < -0.3 is 9.64 Å². The Morgan fingerprint density at radius 1 is 1.28 bits per heavy atom. The second kappa shape index (κ2) is 7.29. The molecule has 1 atom stereocenters. The first-order valence-electron chi connectivity index (χ1n) is 9.57. The van der Waals surface area contributed by atoms with E-state index in [0.717, 1.165) is 25.2 Å². The van der Waals surface area contributed by atoms with E-state index in [-0.39, 0.29) is 5.41 Å². The van der Waals surface area contributed by atoms with Gasteiger partial charge in [-0.2, -0.15) is 11.8 Å². The zero-order valence-corrected chi connectivity index (χ0v) is 15.9. The molecule has 1 aromatic rings. The summed E-state index contributed by atoms with van der Waals surface area (Å²) < 4.78 is 5.52. The number of thioether (sulfide) groups is 1. The number of para-hydroxylation sites is 1. The summed E-state index contributed by atoms with van der Waals surface area (Å²) in [6.45, 7) is 5.90. The Morgan fingerprint density at radius 2 is 2.08 bits per heavy atom. The van der Waals surface area contributed by atoms with Crippen LogP contribution in [-0.2, 0) is 14.9 Å². The molecule has 3 heterocycles. The van der Waals surface area contributed by atoms with Gasteiger partial charge in [0.2, 0.25) is 5.91 Å². The lowest BCUT2D eigenvalue weighted by atomic mass is 9.81. The Labute approximate surface area is 154 Å². The molecule has 136 valence electrons. The molecule has 0 aliphatic carbocycles. The molecule has 0 bridgehead atoms. The van der Waals surface area contributed by atoms with Crippen LogP contribution in [0.15, 0.2) is 24.3 Å². The van der Waals surface area contributed by atoms with Crippen LogP contribution in [0, 0.1) is 0 Å². The van der Waals surface area contributed by atoms with Crippen LogP contribution in [0.4, 0.5) is 5.69 Å². The summed E-state index contributed by atoms with van der Waals surface area (Å²) in [4.78, 5) is 18.0. The van der Waals surface area contributed by atoms with E-state index in [4.69, 9.17) is 4.74 Å². The highest BCUT2D eigenvalue weighted by Gasteiger charge is 2.54. The maximum atomic E-state index is 13.4. The molecule has 25 heavy (non-hydrogen) atoms. The van der Waals surface area contributed by atoms with E-state index in [9.17, 15) is 4.79 Å². The topological polar surface area (TPSA) is 32.8 Å². The Hall–Kier alpha value is -1.04. The van der Waals surface area contributed by atoms with Gasteiger partial charge in [0.1, 0.15) is 0 Å². The molecule has 4 rings (SSSR count). The van der Waals surface area contributed by atoms with Gasteiger partial charge in [0.15, 0.2) is 0 Å². The largest absolute Gasteiger partial charge is 0.380 e. The third kappa shape index (κ3) is 3.00. The van der Waals surface area contributed by atoms with Crippen LogP contribution < -0.4 is 4.90 Å². The minimum Gasteiger partial charge on any atom is -0.380 e. The number of amides is 1. The van der Waals surface area contributed by atoms with Crippen molar-refractivity contribution in [1.82, 2.24) is 4.90 Å². The van der Waals surface area contributed by atoms with Crippen molar-refractivity contribution in [3.63, 3.8) is 0 Å². The van der Waals surface area contributed by atoms with E-state index in [2.05, 4.69) is 34.9 Å². The summed E-state index contributed by atoms with van der Waals surface area (Å²) in [6, 6.07) is 9.07. The van der Waals surface area contributed by atoms with Crippen molar-refractivity contribution in [3.8, 4) is 0 Å². The van der Waals surface area contributed by atoms with Gasteiger partial charge in [-0.3, -0.25) is 9.69 Å². The van der Waals surface area contributed by atoms with Gasteiger partial charge in [0.25, 0.3) is 0 Å². The number of likely N-dealkylation sites (tertiary alicyclic amines) is 1. The molecule has 2 saturated heterocycles. The molecule has 1 unspecified atom stereocenters. The van der Waals surface area contributed by atoms with Crippen molar-refractivity contribution in [1.29, 1.82) is 0 Å². The highest BCUT2D eigenvalue weighted by atomic mass is 32.2. The molecule has 5 heteroatoms. The molecule has 1 amide bonds. The van der Waals surface area contributed by atoms with Gasteiger partial charge >= 0.3 is 0 Å². The van der Waals surface area contributed by atoms with E-state index >= 15 is 0 Å². The molecule has 0 saturated carbocycles. The fourth-order valence-corrected chi connectivity index (χ4v) is 5.80. The summed E-state index contributed by atoms with van der Waals surface area (Å²) in [6.07, 6.45) is 3.49. The van der Waals surface area contributed by atoms with E-state index in [0.29, 0.717) is 31.7 Å². The van der Waals surface area contributed by atoms with Crippen molar-refractivity contribution >= 4 is 23.4 Å². The van der Waals surface area contributed by atoms with Crippen molar-refractivity contribution < 1.29 is 9.53 Å². The number of carbonyl (C=O) groups excluding carboxylic acids is 1. The number of ether oxygens (including phenoxy) is 1. The van der Waals surface area contributed by atoms with Gasteiger partial charge in [-0.25, -0.2) is 0 Å². The normalized spacial score (nSPS) is 27.4. The number of anilines is 1. The van der Waals surface area contributed by atoms with Gasteiger partial charge in [-0.1, -0.05) is 18.2 Å². The van der Waals surface area contributed by atoms with Crippen molar-refractivity contribution in [2.24, 2.45) is 0 Å². The van der Waals surface area contributed by atoms with Crippen molar-refractivity contribution in [2.75, 3.05) is 49.3 Å². The molecule has 0 N–H and O–H groups in total. The first-order chi connectivity index (χ1) is 12.3. The summed E-state index contributed by atoms with van der Waals surface area (Å²) in [5, 5.41) is 0. The SMILES string of the molecule is CCOCCN1C(=O)C2(CCN(C3CCSCC3)C2)c2ccccc21. The molecule has 0 aromatic heterocycles. The fourth-order valence-electron chi connectivity index (χ4n) is 4.71. The molecular formula is C20H28N2O2S. The highest BCUT2D eigenvalue weighted by Crippen LogP contribution is 2.48. The smallest absolute Gasteiger partial charge is 0.239 e. The average molecular weight is 361 g/mol. The molecule has 1 spiro atoms. The second-order valence-electron chi connectivity index (χ2n) is 7.32. The van der Waals surface area contributed by atoms with Crippen molar-refractivity contribution in [2.45, 2.75) is 37.6 Å². The predicted molar refractivity (Wildman–Crippen MR) is 104 cm³/mol. The lowest BCUT2D eigenvalue weighted by Crippen LogP contribution is -2.45. The number of fused-ring (bicyclic) bond motifs is 2. The Morgan fingerprint density at radius 3 is 2.88 bits per heavy atom. The van der Waals surface area contributed by atoms with Gasteiger partial charge in [0, 0.05) is 31.4 Å². The summed E-state index contributed by atoms with van der Waals surface area (Å²) >= 11 is 2.07. The third-order valence-corrected chi connectivity index (χ3v) is 7.08. The average Bonchev–Trinajstić information content (AvgIpc) is 3.20. The summed E-state index contributed by atoms with van der Waals surface area (Å²) in [5.41, 5.74) is 2.02. The van der Waals surface area contributed by atoms with Gasteiger partial charge in [0.05, 0.1) is 12.0 Å². The highest BCUT2D eigenvalue weighted by molar-refractivity contribution is 7.99. The number of benzene rings is 1. The Balaban J connectivity index is 1.58. The molecule has 3 aliphatic rings. The molecule has 1 aromatic carbocycles. The van der Waals surface area contributed by atoms with Crippen LogP contribution in [0.3, 0.4) is 0 Å². The van der Waals surface area contributed by atoms with Gasteiger partial charge in [-0.15, -0.1) is 0 Å². The third-order valence-electron chi connectivity index (χ3n) is 6.03. The molecule has 0 radical (unpaired) electrons. The minimum absolute atomic E-state index is 0.293. The fraction of sp³-hybridized carbons (Fsp3) is 0.650. The van der Waals surface area contributed by atoms with Gasteiger partial charge in [-0.05, 0) is 55.9 Å². The molecule has 2 fully saturated rings. The number of hydrogen-bond donors (Lipinski definition) is 0. The molecular weight excluding hydrogens is 332 g/mol.